The number of nitrogens with zero attached hydrogens (tertiary/aromatic N) is 4. The molecule has 5 nitrogen and oxygen atoms in total. The molecule has 0 radical (unpaired) electrons. The number of hydrogen-bond acceptors (Lipinski definition) is 6. The Kier molecular flexibility index (Phi) is 11.4. The predicted molar refractivity (Wildman–Crippen MR) is 120 cm³/mol. The molecule has 3 rings (SSSR count). The SMILES string of the molecule is CC.CC(C)C.Fc1ccc(/C(=N/S)c2cnc(N3CCNCC3)nc2)cc1. The molecule has 7 heteroatoms. The zero-order valence-corrected chi connectivity index (χ0v) is 18.4. The van der Waals surface area contributed by atoms with Crippen molar-refractivity contribution < 1.29 is 4.39 Å². The first-order valence-corrected chi connectivity index (χ1v) is 10.2. The minimum Gasteiger partial charge on any atom is -0.338 e. The van der Waals surface area contributed by atoms with Gasteiger partial charge in [0, 0.05) is 49.7 Å². The summed E-state index contributed by atoms with van der Waals surface area (Å²) in [6.45, 7) is 14.2. The fourth-order valence-corrected chi connectivity index (χ4v) is 2.59. The fourth-order valence-electron chi connectivity index (χ4n) is 2.36. The summed E-state index contributed by atoms with van der Waals surface area (Å²) in [7, 11) is 0. The van der Waals surface area contributed by atoms with Crippen molar-refractivity contribution >= 4 is 24.5 Å². The number of thiol groups is 1. The van der Waals surface area contributed by atoms with Crippen molar-refractivity contribution in [2.75, 3.05) is 31.1 Å². The minimum atomic E-state index is -0.285. The molecule has 1 saturated heterocycles. The van der Waals surface area contributed by atoms with Crippen LogP contribution in [0, 0.1) is 11.7 Å². The third kappa shape index (κ3) is 7.94. The normalized spacial score (nSPS) is 14.0. The fraction of sp³-hybridized carbons (Fsp3) is 0.476. The van der Waals surface area contributed by atoms with Crippen LogP contribution in [0.4, 0.5) is 10.3 Å². The lowest BCUT2D eigenvalue weighted by Gasteiger charge is -2.27. The zero-order valence-electron chi connectivity index (χ0n) is 17.5. The van der Waals surface area contributed by atoms with Crippen LogP contribution in [-0.4, -0.2) is 41.9 Å². The van der Waals surface area contributed by atoms with Crippen LogP contribution in [0.15, 0.2) is 41.1 Å². The lowest BCUT2D eigenvalue weighted by atomic mass is 10.1. The molecule has 0 bridgehead atoms. The maximum absolute atomic E-state index is 13.0. The van der Waals surface area contributed by atoms with Crippen LogP contribution < -0.4 is 10.2 Å². The Morgan fingerprint density at radius 2 is 1.54 bits per heavy atom. The number of aromatic nitrogens is 2. The standard InChI is InChI=1S/C15H16FN5S.C4H10.C2H6/c16-13-3-1-11(2-4-13)14(20-22)12-9-18-15(19-10-12)21-7-5-17-6-8-21;1-4(2)3;1-2/h1-4,9-10,17,22H,5-8H2;4H,1-3H3;1-2H3/b20-14-;;. The molecule has 0 saturated carbocycles. The van der Waals surface area contributed by atoms with E-state index in [9.17, 15) is 4.39 Å². The summed E-state index contributed by atoms with van der Waals surface area (Å²) in [4.78, 5) is 11.0. The van der Waals surface area contributed by atoms with Crippen LogP contribution in [0.1, 0.15) is 45.7 Å². The molecule has 0 amide bonds. The molecule has 0 aliphatic carbocycles. The van der Waals surface area contributed by atoms with Crippen molar-refractivity contribution in [1.29, 1.82) is 0 Å². The molecule has 0 unspecified atom stereocenters. The molecule has 1 fully saturated rings. The highest BCUT2D eigenvalue weighted by Crippen LogP contribution is 2.14. The smallest absolute Gasteiger partial charge is 0.225 e. The summed E-state index contributed by atoms with van der Waals surface area (Å²) in [6.07, 6.45) is 3.45. The molecular formula is C21H32FN5S. The first kappa shape index (κ1) is 24.0. The van der Waals surface area contributed by atoms with Crippen molar-refractivity contribution in [3.05, 3.63) is 53.6 Å². The van der Waals surface area contributed by atoms with Crippen LogP contribution in [0.2, 0.25) is 0 Å². The molecule has 1 aromatic heterocycles. The lowest BCUT2D eigenvalue weighted by Crippen LogP contribution is -2.44. The van der Waals surface area contributed by atoms with Gasteiger partial charge < -0.3 is 10.2 Å². The van der Waals surface area contributed by atoms with E-state index in [-0.39, 0.29) is 5.82 Å². The van der Waals surface area contributed by atoms with Gasteiger partial charge in [0.05, 0.1) is 5.71 Å². The van der Waals surface area contributed by atoms with E-state index in [0.717, 1.165) is 43.2 Å². The van der Waals surface area contributed by atoms with Gasteiger partial charge in [0.15, 0.2) is 0 Å². The number of nitrogens with one attached hydrogen (secondary N) is 1. The molecule has 1 aliphatic heterocycles. The van der Waals surface area contributed by atoms with Gasteiger partial charge in [-0.3, -0.25) is 0 Å². The average molecular weight is 406 g/mol. The van der Waals surface area contributed by atoms with Crippen LogP contribution in [-0.2, 0) is 0 Å². The lowest BCUT2D eigenvalue weighted by molar-refractivity contribution is 0.580. The van der Waals surface area contributed by atoms with Gasteiger partial charge >= 0.3 is 0 Å². The van der Waals surface area contributed by atoms with Gasteiger partial charge in [-0.15, -0.1) is 0 Å². The van der Waals surface area contributed by atoms with Gasteiger partial charge in [-0.25, -0.2) is 18.8 Å². The maximum Gasteiger partial charge on any atom is 0.225 e. The van der Waals surface area contributed by atoms with E-state index in [1.165, 1.54) is 12.1 Å². The first-order valence-electron chi connectivity index (χ1n) is 9.77. The number of anilines is 1. The monoisotopic (exact) mass is 405 g/mol. The molecule has 1 aliphatic rings. The summed E-state index contributed by atoms with van der Waals surface area (Å²) in [6, 6.07) is 6.11. The summed E-state index contributed by atoms with van der Waals surface area (Å²) in [5.41, 5.74) is 2.14. The van der Waals surface area contributed by atoms with Crippen molar-refractivity contribution in [3.63, 3.8) is 0 Å². The Hall–Kier alpha value is -1.99. The second-order valence-corrected chi connectivity index (χ2v) is 6.90. The Morgan fingerprint density at radius 1 is 1.04 bits per heavy atom. The predicted octanol–water partition coefficient (Wildman–Crippen LogP) is 4.40. The van der Waals surface area contributed by atoms with Gasteiger partial charge in [0.25, 0.3) is 0 Å². The molecule has 154 valence electrons. The summed E-state index contributed by atoms with van der Waals surface area (Å²) in [5.74, 6) is 1.26. The Labute approximate surface area is 174 Å². The van der Waals surface area contributed by atoms with E-state index in [1.807, 2.05) is 13.8 Å². The quantitative estimate of drug-likeness (QED) is 0.587. The number of benzene rings is 1. The molecule has 0 atom stereocenters. The minimum absolute atomic E-state index is 0.285. The third-order valence-corrected chi connectivity index (χ3v) is 3.73. The van der Waals surface area contributed by atoms with E-state index in [1.54, 1.807) is 24.5 Å². The number of piperazine rings is 1. The average Bonchev–Trinajstić information content (AvgIpc) is 2.72. The largest absolute Gasteiger partial charge is 0.338 e. The zero-order chi connectivity index (χ0) is 20.9. The summed E-state index contributed by atoms with van der Waals surface area (Å²) in [5, 5.41) is 3.29. The highest BCUT2D eigenvalue weighted by atomic mass is 32.1. The van der Waals surface area contributed by atoms with E-state index in [0.29, 0.717) is 11.7 Å². The van der Waals surface area contributed by atoms with E-state index in [4.69, 9.17) is 0 Å². The number of halogens is 1. The van der Waals surface area contributed by atoms with Gasteiger partial charge in [-0.2, -0.15) is 0 Å². The molecule has 28 heavy (non-hydrogen) atoms. The number of hydrogen-bond donors (Lipinski definition) is 2. The van der Waals surface area contributed by atoms with Crippen molar-refractivity contribution in [3.8, 4) is 0 Å². The van der Waals surface area contributed by atoms with Gasteiger partial charge in [-0.1, -0.05) is 34.6 Å². The molecular weight excluding hydrogens is 373 g/mol. The topological polar surface area (TPSA) is 53.4 Å². The summed E-state index contributed by atoms with van der Waals surface area (Å²) >= 11 is 4.01. The Balaban J connectivity index is 0.000000583. The molecule has 2 heterocycles. The highest BCUT2D eigenvalue weighted by Gasteiger charge is 2.14. The van der Waals surface area contributed by atoms with Gasteiger partial charge in [0.1, 0.15) is 5.82 Å². The van der Waals surface area contributed by atoms with Crippen LogP contribution >= 0.6 is 12.8 Å². The van der Waals surface area contributed by atoms with Crippen LogP contribution in [0.5, 0.6) is 0 Å². The Morgan fingerprint density at radius 3 is 2.00 bits per heavy atom. The molecule has 1 aromatic carbocycles. The first-order chi connectivity index (χ1) is 13.5. The third-order valence-electron chi connectivity index (χ3n) is 3.53. The Bertz CT molecular complexity index is 693. The van der Waals surface area contributed by atoms with Crippen molar-refractivity contribution in [2.24, 2.45) is 10.3 Å². The molecule has 2 aromatic rings. The van der Waals surface area contributed by atoms with Crippen molar-refractivity contribution in [2.45, 2.75) is 34.6 Å². The van der Waals surface area contributed by atoms with Gasteiger partial charge in [0.2, 0.25) is 5.95 Å². The highest BCUT2D eigenvalue weighted by molar-refractivity contribution is 7.79. The second kappa shape index (κ2) is 13.2. The molecule has 1 N–H and O–H groups in total. The number of rotatable bonds is 3. The molecule has 0 spiro atoms. The van der Waals surface area contributed by atoms with Gasteiger partial charge in [-0.05, 0) is 43.0 Å². The van der Waals surface area contributed by atoms with E-state index >= 15 is 0 Å². The maximum atomic E-state index is 13.0. The van der Waals surface area contributed by atoms with E-state index in [2.05, 4.69) is 58.2 Å². The summed E-state index contributed by atoms with van der Waals surface area (Å²) < 4.78 is 17.0. The second-order valence-electron chi connectivity index (χ2n) is 6.70. The van der Waals surface area contributed by atoms with Crippen molar-refractivity contribution in [1.82, 2.24) is 15.3 Å². The van der Waals surface area contributed by atoms with E-state index < -0.39 is 0 Å². The van der Waals surface area contributed by atoms with Crippen LogP contribution in [0.25, 0.3) is 0 Å². The van der Waals surface area contributed by atoms with Crippen LogP contribution in [0.3, 0.4) is 0 Å².